The highest BCUT2D eigenvalue weighted by Gasteiger charge is 2.29. The second kappa shape index (κ2) is 5.22. The van der Waals surface area contributed by atoms with Crippen LogP contribution < -0.4 is 0 Å². The minimum absolute atomic E-state index is 0.234. The third-order valence-electron chi connectivity index (χ3n) is 2.64. The molecule has 1 aromatic carbocycles. The van der Waals surface area contributed by atoms with Gasteiger partial charge in [0.25, 0.3) is 5.22 Å². The van der Waals surface area contributed by atoms with Crippen molar-refractivity contribution in [3.63, 3.8) is 0 Å². The number of halogens is 1. The molecule has 1 fully saturated rings. The number of carbonyl (C=O) groups is 1. The van der Waals surface area contributed by atoms with E-state index in [1.807, 2.05) is 12.1 Å². The van der Waals surface area contributed by atoms with Crippen LogP contribution in [0, 0.1) is 0 Å². The number of thioether (sulfide) groups is 1. The molecule has 0 amide bonds. The largest absolute Gasteiger partial charge is 0.465 e. The molecule has 0 bridgehead atoms. The van der Waals surface area contributed by atoms with Crippen LogP contribution in [-0.4, -0.2) is 28.0 Å². The number of carbonyl (C=O) groups excluding carboxylic acids is 1. The van der Waals surface area contributed by atoms with E-state index in [4.69, 9.17) is 20.8 Å². The summed E-state index contributed by atoms with van der Waals surface area (Å²) in [5, 5.41) is 8.48. The van der Waals surface area contributed by atoms with Crippen LogP contribution in [0.4, 0.5) is 0 Å². The first kappa shape index (κ1) is 12.5. The Morgan fingerprint density at radius 2 is 2.16 bits per heavy atom. The lowest BCUT2D eigenvalue weighted by Crippen LogP contribution is -2.09. The van der Waals surface area contributed by atoms with Crippen LogP contribution in [0.3, 0.4) is 0 Å². The number of rotatable bonds is 3. The molecule has 0 spiro atoms. The summed E-state index contributed by atoms with van der Waals surface area (Å²) < 4.78 is 10.4. The van der Waals surface area contributed by atoms with Crippen molar-refractivity contribution < 1.29 is 13.9 Å². The summed E-state index contributed by atoms with van der Waals surface area (Å²) in [6.07, 6.45) is 0.660. The number of benzene rings is 1. The van der Waals surface area contributed by atoms with E-state index in [0.29, 0.717) is 34.7 Å². The van der Waals surface area contributed by atoms with Gasteiger partial charge in [-0.15, -0.1) is 10.2 Å². The number of ether oxygens (including phenoxy) is 1. The lowest BCUT2D eigenvalue weighted by molar-refractivity contribution is -0.137. The van der Waals surface area contributed by atoms with Gasteiger partial charge in [0, 0.05) is 6.42 Å². The van der Waals surface area contributed by atoms with Crippen LogP contribution in [0.25, 0.3) is 11.5 Å². The molecule has 7 heteroatoms. The summed E-state index contributed by atoms with van der Waals surface area (Å²) in [5.74, 6) is 0.113. The van der Waals surface area contributed by atoms with Crippen LogP contribution in [0.15, 0.2) is 33.9 Å². The van der Waals surface area contributed by atoms with Gasteiger partial charge < -0.3 is 9.15 Å². The van der Waals surface area contributed by atoms with Gasteiger partial charge >= 0.3 is 5.97 Å². The van der Waals surface area contributed by atoms with Crippen molar-refractivity contribution in [2.75, 3.05) is 6.61 Å². The summed E-state index contributed by atoms with van der Waals surface area (Å²) in [6, 6.07) is 7.22. The zero-order chi connectivity index (χ0) is 13.2. The van der Waals surface area contributed by atoms with Gasteiger partial charge in [-0.05, 0) is 23.9 Å². The summed E-state index contributed by atoms with van der Waals surface area (Å²) in [4.78, 5) is 11.4. The van der Waals surface area contributed by atoms with Crippen LogP contribution in [0.5, 0.6) is 0 Å². The number of hydrogen-bond acceptors (Lipinski definition) is 6. The lowest BCUT2D eigenvalue weighted by atomic mass is 10.2. The molecule has 1 aliphatic heterocycles. The average molecular weight is 297 g/mol. The molecule has 1 atom stereocenters. The Kier molecular flexibility index (Phi) is 3.44. The minimum atomic E-state index is -0.264. The third kappa shape index (κ3) is 2.59. The molecule has 2 heterocycles. The number of nitrogens with zero attached hydrogens (tertiary/aromatic N) is 2. The van der Waals surface area contributed by atoms with E-state index >= 15 is 0 Å². The monoisotopic (exact) mass is 296 g/mol. The molecule has 1 aliphatic rings. The van der Waals surface area contributed by atoms with Crippen molar-refractivity contribution in [2.24, 2.45) is 0 Å². The summed E-state index contributed by atoms with van der Waals surface area (Å²) >= 11 is 7.28. The van der Waals surface area contributed by atoms with E-state index in [-0.39, 0.29) is 11.2 Å². The van der Waals surface area contributed by atoms with E-state index in [1.165, 1.54) is 11.8 Å². The molecule has 0 aliphatic carbocycles. The maximum atomic E-state index is 11.4. The minimum Gasteiger partial charge on any atom is -0.465 e. The summed E-state index contributed by atoms with van der Waals surface area (Å²) in [5.41, 5.74) is 0.678. The molecule has 0 unspecified atom stereocenters. The fourth-order valence-electron chi connectivity index (χ4n) is 1.71. The van der Waals surface area contributed by atoms with E-state index in [9.17, 15) is 4.79 Å². The molecule has 19 heavy (non-hydrogen) atoms. The maximum absolute atomic E-state index is 11.4. The van der Waals surface area contributed by atoms with E-state index < -0.39 is 0 Å². The number of aromatic nitrogens is 2. The van der Waals surface area contributed by atoms with Gasteiger partial charge in [-0.1, -0.05) is 23.7 Å². The Bertz CT molecular complexity index is 617. The molecule has 2 aromatic rings. The van der Waals surface area contributed by atoms with Crippen molar-refractivity contribution in [3.05, 3.63) is 29.3 Å². The van der Waals surface area contributed by atoms with Gasteiger partial charge in [0.15, 0.2) is 0 Å². The maximum Gasteiger partial charge on any atom is 0.319 e. The van der Waals surface area contributed by atoms with Gasteiger partial charge in [0.2, 0.25) is 5.89 Å². The molecule has 0 saturated carbocycles. The highest BCUT2D eigenvalue weighted by atomic mass is 35.5. The molecule has 98 valence electrons. The Morgan fingerprint density at radius 1 is 1.32 bits per heavy atom. The quantitative estimate of drug-likeness (QED) is 0.812. The Hall–Kier alpha value is -1.53. The van der Waals surface area contributed by atoms with Crippen molar-refractivity contribution in [1.29, 1.82) is 0 Å². The van der Waals surface area contributed by atoms with Gasteiger partial charge in [-0.25, -0.2) is 0 Å². The van der Waals surface area contributed by atoms with Crippen LogP contribution in [0.1, 0.15) is 6.42 Å². The fraction of sp³-hybridized carbons (Fsp3) is 0.250. The van der Waals surface area contributed by atoms with E-state index in [0.717, 1.165) is 0 Å². The lowest BCUT2D eigenvalue weighted by Gasteiger charge is -1.99. The van der Waals surface area contributed by atoms with Crippen LogP contribution in [0.2, 0.25) is 5.02 Å². The molecule has 5 nitrogen and oxygen atoms in total. The smallest absolute Gasteiger partial charge is 0.319 e. The van der Waals surface area contributed by atoms with Crippen molar-refractivity contribution in [3.8, 4) is 11.5 Å². The molecule has 1 saturated heterocycles. The topological polar surface area (TPSA) is 65.2 Å². The molecule has 0 radical (unpaired) electrons. The van der Waals surface area contributed by atoms with Gasteiger partial charge in [0.05, 0.1) is 17.2 Å². The highest BCUT2D eigenvalue weighted by molar-refractivity contribution is 8.00. The molecule has 1 aromatic heterocycles. The third-order valence-corrected chi connectivity index (χ3v) is 4.05. The molecular formula is C12H9ClN2O3S. The predicted molar refractivity (Wildman–Crippen MR) is 70.0 cm³/mol. The van der Waals surface area contributed by atoms with E-state index in [1.54, 1.807) is 12.1 Å². The van der Waals surface area contributed by atoms with Gasteiger partial charge in [0.1, 0.15) is 5.25 Å². The SMILES string of the molecule is O=C1OCC[C@@H]1Sc1nnc(-c2ccccc2Cl)o1. The van der Waals surface area contributed by atoms with E-state index in [2.05, 4.69) is 10.2 Å². The zero-order valence-corrected chi connectivity index (χ0v) is 11.3. The summed E-state index contributed by atoms with van der Waals surface area (Å²) in [6.45, 7) is 0.446. The highest BCUT2D eigenvalue weighted by Crippen LogP contribution is 2.32. The van der Waals surface area contributed by atoms with Crippen molar-refractivity contribution in [2.45, 2.75) is 16.9 Å². The van der Waals surface area contributed by atoms with Gasteiger partial charge in [-0.2, -0.15) is 0 Å². The first-order chi connectivity index (χ1) is 9.24. The first-order valence-electron chi connectivity index (χ1n) is 5.66. The standard InChI is InChI=1S/C12H9ClN2O3S/c13-8-4-2-1-3-7(8)10-14-15-12(18-10)19-9-5-6-17-11(9)16/h1-4,9H,5-6H2/t9-/m0/s1. The van der Waals surface area contributed by atoms with Gasteiger partial charge in [-0.3, -0.25) is 4.79 Å². The Balaban J connectivity index is 1.80. The van der Waals surface area contributed by atoms with Crippen LogP contribution >= 0.6 is 23.4 Å². The Labute approximate surface area is 118 Å². The molecule has 3 rings (SSSR count). The zero-order valence-electron chi connectivity index (χ0n) is 9.71. The first-order valence-corrected chi connectivity index (χ1v) is 6.91. The van der Waals surface area contributed by atoms with Crippen molar-refractivity contribution in [1.82, 2.24) is 10.2 Å². The van der Waals surface area contributed by atoms with Crippen LogP contribution in [-0.2, 0) is 9.53 Å². The average Bonchev–Trinajstić information content (AvgIpc) is 3.01. The van der Waals surface area contributed by atoms with Crippen molar-refractivity contribution >= 4 is 29.3 Å². The molecular weight excluding hydrogens is 288 g/mol. The Morgan fingerprint density at radius 3 is 2.89 bits per heavy atom. The number of hydrogen-bond donors (Lipinski definition) is 0. The summed E-state index contributed by atoms with van der Waals surface area (Å²) in [7, 11) is 0. The fourth-order valence-corrected chi connectivity index (χ4v) is 2.76. The second-order valence-corrected chi connectivity index (χ2v) is 5.48. The second-order valence-electron chi connectivity index (χ2n) is 3.92. The normalized spacial score (nSPS) is 18.6. The predicted octanol–water partition coefficient (Wildman–Crippen LogP) is 2.80. The number of cyclic esters (lactones) is 1. The molecule has 0 N–H and O–H groups in total. The number of esters is 1.